The van der Waals surface area contributed by atoms with E-state index >= 15 is 0 Å². The van der Waals surface area contributed by atoms with Gasteiger partial charge in [-0.3, -0.25) is 14.1 Å². The molecule has 2 saturated carbocycles. The fraction of sp³-hybridized carbons (Fsp3) is 0.417. The minimum atomic E-state index is -3.51. The molecule has 2 aliphatic carbocycles. The molecule has 0 spiro atoms. The van der Waals surface area contributed by atoms with Crippen molar-refractivity contribution in [3.63, 3.8) is 0 Å². The van der Waals surface area contributed by atoms with Crippen LogP contribution in [-0.4, -0.2) is 34.7 Å². The van der Waals surface area contributed by atoms with Crippen LogP contribution < -0.4 is 4.31 Å². The van der Waals surface area contributed by atoms with Crippen LogP contribution in [-0.2, 0) is 17.1 Å². The summed E-state index contributed by atoms with van der Waals surface area (Å²) in [5.41, 5.74) is 5.11. The first-order valence-corrected chi connectivity index (χ1v) is 13.1. The van der Waals surface area contributed by atoms with E-state index in [1.807, 2.05) is 36.3 Å². The average Bonchev–Trinajstić information content (AvgIpc) is 3.55. The van der Waals surface area contributed by atoms with Gasteiger partial charge in [0.15, 0.2) is 0 Å². The highest BCUT2D eigenvalue weighted by atomic mass is 32.2. The van der Waals surface area contributed by atoms with Gasteiger partial charge in [0.05, 0.1) is 41.4 Å². The van der Waals surface area contributed by atoms with Gasteiger partial charge in [-0.05, 0) is 78.3 Å². The van der Waals surface area contributed by atoms with E-state index in [2.05, 4.69) is 33.5 Å². The Hall–Kier alpha value is -2.87. The van der Waals surface area contributed by atoms with E-state index in [9.17, 15) is 8.42 Å². The van der Waals surface area contributed by atoms with Crippen LogP contribution in [0.25, 0.3) is 21.8 Å². The Morgan fingerprint density at radius 1 is 1.09 bits per heavy atom. The molecule has 0 amide bonds. The third-order valence-electron chi connectivity index (χ3n) is 8.28. The fourth-order valence-corrected chi connectivity index (χ4v) is 8.39. The third-order valence-corrected chi connectivity index (χ3v) is 9.42. The van der Waals surface area contributed by atoms with Crippen LogP contribution in [0.4, 0.5) is 5.69 Å². The first-order valence-electron chi connectivity index (χ1n) is 11.3. The van der Waals surface area contributed by atoms with Crippen molar-refractivity contribution >= 4 is 37.5 Å². The van der Waals surface area contributed by atoms with Gasteiger partial charge in [-0.15, -0.1) is 0 Å². The number of hydrogen-bond donors (Lipinski definition) is 1. The van der Waals surface area contributed by atoms with Crippen molar-refractivity contribution in [3.8, 4) is 0 Å². The maximum Gasteiger partial charge on any atom is 0.232 e. The smallest absolute Gasteiger partial charge is 0.232 e. The predicted octanol–water partition coefficient (Wildman–Crippen LogP) is 4.10. The predicted molar refractivity (Wildman–Crippen MR) is 124 cm³/mol. The summed E-state index contributed by atoms with van der Waals surface area (Å²) in [7, 11) is -1.58. The van der Waals surface area contributed by atoms with E-state index in [0.717, 1.165) is 33.1 Å². The molecule has 2 aromatic carbocycles. The standard InChI is InChI=1S/C24H25N5O2S/c1-28-19-7-5-15(10-16(19)11-26-28)24-22-14-4-3-13(9-14)21(22)23-17-12-25-27-18(17)6-8-20(23)29(24)32(2,30)31/h5-8,10-14,21-22,24H,3-4,9H2,1-2H3,(H,25,27)/t13?,14?,21-,22+,24-/m0/s1. The van der Waals surface area contributed by atoms with E-state index in [1.54, 1.807) is 4.31 Å². The van der Waals surface area contributed by atoms with Crippen LogP contribution in [0.15, 0.2) is 42.7 Å². The molecular weight excluding hydrogens is 422 g/mol. The molecule has 1 aliphatic heterocycles. The number of hydrogen-bond acceptors (Lipinski definition) is 4. The van der Waals surface area contributed by atoms with Crippen LogP contribution in [0.1, 0.15) is 42.3 Å². The van der Waals surface area contributed by atoms with Crippen molar-refractivity contribution in [1.82, 2.24) is 20.0 Å². The Kier molecular flexibility index (Phi) is 3.58. The molecule has 8 heteroatoms. The fourth-order valence-electron chi connectivity index (χ4n) is 7.20. The molecule has 7 rings (SSSR count). The molecule has 0 radical (unpaired) electrons. The van der Waals surface area contributed by atoms with E-state index in [0.29, 0.717) is 17.8 Å². The molecule has 1 N–H and O–H groups in total. The zero-order valence-corrected chi connectivity index (χ0v) is 18.9. The number of rotatable bonds is 2. The normalized spacial score (nSPS) is 29.1. The topological polar surface area (TPSA) is 83.9 Å². The first kappa shape index (κ1) is 18.7. The molecule has 5 atom stereocenters. The summed E-state index contributed by atoms with van der Waals surface area (Å²) in [6.45, 7) is 0. The summed E-state index contributed by atoms with van der Waals surface area (Å²) < 4.78 is 30.3. The van der Waals surface area contributed by atoms with Gasteiger partial charge in [0.25, 0.3) is 0 Å². The Bertz CT molecular complexity index is 1500. The van der Waals surface area contributed by atoms with E-state index in [4.69, 9.17) is 0 Å². The SMILES string of the molecule is Cn1ncc2cc([C@H]3[C@@H]4C5CCC(C5)[C@@H]4c4c(ccc5[nH]ncc45)N3S(C)(=O)=O)ccc21. The lowest BCUT2D eigenvalue weighted by Crippen LogP contribution is -2.46. The van der Waals surface area contributed by atoms with Crippen LogP contribution in [0.3, 0.4) is 0 Å². The summed E-state index contributed by atoms with van der Waals surface area (Å²) in [6, 6.07) is 10.1. The van der Waals surface area contributed by atoms with Gasteiger partial charge in [0.2, 0.25) is 10.0 Å². The minimum Gasteiger partial charge on any atom is -0.278 e. The number of aromatic amines is 1. The summed E-state index contributed by atoms with van der Waals surface area (Å²) in [4.78, 5) is 0. The number of benzene rings is 2. The largest absolute Gasteiger partial charge is 0.278 e. The van der Waals surface area contributed by atoms with Gasteiger partial charge >= 0.3 is 0 Å². The second kappa shape index (κ2) is 6.13. The zero-order chi connectivity index (χ0) is 21.8. The van der Waals surface area contributed by atoms with Crippen LogP contribution >= 0.6 is 0 Å². The van der Waals surface area contributed by atoms with Gasteiger partial charge in [0.1, 0.15) is 0 Å². The highest BCUT2D eigenvalue weighted by molar-refractivity contribution is 7.92. The maximum atomic E-state index is 13.4. The molecule has 7 nitrogen and oxygen atoms in total. The van der Waals surface area contributed by atoms with Crippen LogP contribution in [0.2, 0.25) is 0 Å². The number of anilines is 1. The maximum absolute atomic E-state index is 13.4. The molecule has 0 saturated heterocycles. The van der Waals surface area contributed by atoms with Crippen molar-refractivity contribution < 1.29 is 8.42 Å². The highest BCUT2D eigenvalue weighted by Crippen LogP contribution is 2.66. The van der Waals surface area contributed by atoms with Crippen LogP contribution in [0, 0.1) is 17.8 Å². The van der Waals surface area contributed by atoms with Gasteiger partial charge < -0.3 is 0 Å². The average molecular weight is 448 g/mol. The van der Waals surface area contributed by atoms with Crippen molar-refractivity contribution in [3.05, 3.63) is 53.9 Å². The monoisotopic (exact) mass is 447 g/mol. The van der Waals surface area contributed by atoms with Gasteiger partial charge in [-0.1, -0.05) is 6.07 Å². The summed E-state index contributed by atoms with van der Waals surface area (Å²) in [6.07, 6.45) is 8.69. The number of aromatic nitrogens is 4. The number of nitrogens with one attached hydrogen (secondary N) is 1. The minimum absolute atomic E-state index is 0.202. The summed E-state index contributed by atoms with van der Waals surface area (Å²) in [5.74, 6) is 1.78. The molecule has 2 fully saturated rings. The lowest BCUT2D eigenvalue weighted by Gasteiger charge is -2.48. The molecule has 3 heterocycles. The molecule has 4 aromatic rings. The van der Waals surface area contributed by atoms with Gasteiger partial charge in [0, 0.05) is 17.8 Å². The quantitative estimate of drug-likeness (QED) is 0.501. The van der Waals surface area contributed by atoms with Crippen LogP contribution in [0.5, 0.6) is 0 Å². The van der Waals surface area contributed by atoms with E-state index in [1.165, 1.54) is 31.1 Å². The molecule has 164 valence electrons. The molecule has 32 heavy (non-hydrogen) atoms. The zero-order valence-electron chi connectivity index (χ0n) is 18.1. The molecular formula is C24H25N5O2S. The van der Waals surface area contributed by atoms with Gasteiger partial charge in [-0.2, -0.15) is 10.2 Å². The number of nitrogens with zero attached hydrogens (tertiary/aromatic N) is 4. The molecule has 3 aliphatic rings. The Morgan fingerprint density at radius 2 is 1.94 bits per heavy atom. The third kappa shape index (κ3) is 2.33. The second-order valence-electron chi connectivity index (χ2n) is 9.86. The number of sulfonamides is 1. The van der Waals surface area contributed by atoms with Crippen molar-refractivity contribution in [1.29, 1.82) is 0 Å². The first-order chi connectivity index (χ1) is 15.4. The Labute approximate surface area is 186 Å². The Morgan fingerprint density at radius 3 is 2.78 bits per heavy atom. The number of aryl methyl sites for hydroxylation is 1. The lowest BCUT2D eigenvalue weighted by molar-refractivity contribution is 0.238. The van der Waals surface area contributed by atoms with Crippen molar-refractivity contribution in [2.75, 3.05) is 10.6 Å². The number of fused-ring (bicyclic) bond motifs is 10. The summed E-state index contributed by atoms with van der Waals surface area (Å²) in [5, 5.41) is 13.9. The highest BCUT2D eigenvalue weighted by Gasteiger charge is 2.57. The van der Waals surface area contributed by atoms with E-state index in [-0.39, 0.29) is 12.0 Å². The Balaban J connectivity index is 1.53. The number of H-pyrrole nitrogens is 1. The molecule has 2 aromatic heterocycles. The second-order valence-corrected chi connectivity index (χ2v) is 11.7. The van der Waals surface area contributed by atoms with Gasteiger partial charge in [-0.25, -0.2) is 8.42 Å². The van der Waals surface area contributed by atoms with Crippen molar-refractivity contribution in [2.45, 2.75) is 31.2 Å². The molecule has 2 bridgehead atoms. The van der Waals surface area contributed by atoms with Crippen molar-refractivity contribution in [2.24, 2.45) is 24.8 Å². The van der Waals surface area contributed by atoms with E-state index < -0.39 is 10.0 Å². The summed E-state index contributed by atoms with van der Waals surface area (Å²) >= 11 is 0. The molecule has 2 unspecified atom stereocenters. The lowest BCUT2D eigenvalue weighted by atomic mass is 9.67.